The SMILES string of the molecule is C=C(NC(CC)=NC=C(C)CC=C(C)C=C(C)[N+](=O)CC1CCCN1C(=N)CO)C1CCCN1C(=O)C(NC(O)OC)C(C)C. The van der Waals surface area contributed by atoms with Gasteiger partial charge in [0, 0.05) is 61.2 Å². The van der Waals surface area contributed by atoms with Gasteiger partial charge in [0.2, 0.25) is 24.6 Å². The van der Waals surface area contributed by atoms with Crippen molar-refractivity contribution in [1.82, 2.24) is 20.4 Å². The number of amides is 1. The Kier molecular flexibility index (Phi) is 15.8. The van der Waals surface area contributed by atoms with E-state index < -0.39 is 12.5 Å². The Labute approximate surface area is 269 Å². The number of likely N-dealkylation sites (tertiary alicyclic amines) is 2. The number of nitrogens with zero attached hydrogens (tertiary/aromatic N) is 4. The highest BCUT2D eigenvalue weighted by atomic mass is 16.6. The molecule has 2 heterocycles. The van der Waals surface area contributed by atoms with Crippen molar-refractivity contribution in [2.24, 2.45) is 10.9 Å². The van der Waals surface area contributed by atoms with E-state index in [1.54, 1.807) is 6.92 Å². The summed E-state index contributed by atoms with van der Waals surface area (Å²) in [7, 11) is 1.38. The van der Waals surface area contributed by atoms with Crippen molar-refractivity contribution in [3.63, 3.8) is 0 Å². The Morgan fingerprint density at radius 3 is 2.49 bits per heavy atom. The molecule has 0 aromatic rings. The molecule has 0 saturated carbocycles. The maximum Gasteiger partial charge on any atom is 0.240 e. The summed E-state index contributed by atoms with van der Waals surface area (Å²) < 4.78 is 5.89. The number of ether oxygens (including phenoxy) is 1. The van der Waals surface area contributed by atoms with Crippen LogP contribution in [0.5, 0.6) is 0 Å². The monoisotopic (exact) mass is 630 g/mol. The number of hydrogen-bond acceptors (Lipinski definition) is 8. The van der Waals surface area contributed by atoms with Crippen LogP contribution in [0.15, 0.2) is 52.5 Å². The molecular weight excluding hydrogens is 574 g/mol. The molecule has 12 nitrogen and oxygen atoms in total. The lowest BCUT2D eigenvalue weighted by molar-refractivity contribution is -0.503. The normalized spacial score (nSPS) is 21.4. The minimum absolute atomic E-state index is 0.0429. The number of amidine groups is 2. The van der Waals surface area contributed by atoms with Crippen molar-refractivity contribution in [2.75, 3.05) is 33.4 Å². The fraction of sp³-hybridized carbons (Fsp3) is 0.667. The van der Waals surface area contributed by atoms with Gasteiger partial charge in [-0.1, -0.05) is 39.0 Å². The molecule has 2 rings (SSSR count). The molecule has 4 unspecified atom stereocenters. The number of aliphatic hydroxyl groups is 2. The van der Waals surface area contributed by atoms with Gasteiger partial charge in [0.15, 0.2) is 0 Å². The third kappa shape index (κ3) is 11.6. The van der Waals surface area contributed by atoms with E-state index in [0.717, 1.165) is 53.1 Å². The van der Waals surface area contributed by atoms with Gasteiger partial charge in [0.25, 0.3) is 0 Å². The molecule has 252 valence electrons. The molecule has 4 atom stereocenters. The molecule has 12 heteroatoms. The lowest BCUT2D eigenvalue weighted by Gasteiger charge is -2.33. The smallest absolute Gasteiger partial charge is 0.240 e. The Balaban J connectivity index is 1.99. The van der Waals surface area contributed by atoms with Crippen LogP contribution in [0.25, 0.3) is 0 Å². The first-order valence-corrected chi connectivity index (χ1v) is 16.0. The number of nitrogens with one attached hydrogen (secondary N) is 3. The van der Waals surface area contributed by atoms with Crippen LogP contribution in [-0.2, 0) is 9.53 Å². The zero-order valence-electron chi connectivity index (χ0n) is 28.3. The molecule has 0 spiro atoms. The van der Waals surface area contributed by atoms with Crippen LogP contribution in [0.2, 0.25) is 0 Å². The topological polar surface area (TPSA) is 154 Å². The van der Waals surface area contributed by atoms with E-state index in [1.807, 2.05) is 56.7 Å². The molecule has 2 aliphatic rings. The van der Waals surface area contributed by atoms with Gasteiger partial charge < -0.3 is 30.1 Å². The number of carbonyl (C=O) groups excluding carboxylic acids is 1. The van der Waals surface area contributed by atoms with Gasteiger partial charge in [0.1, 0.15) is 18.3 Å². The average molecular weight is 631 g/mol. The molecule has 45 heavy (non-hydrogen) atoms. The number of carbonyl (C=O) groups is 1. The number of methoxy groups -OCH3 is 1. The summed E-state index contributed by atoms with van der Waals surface area (Å²) in [5, 5.41) is 33.4. The molecule has 5 N–H and O–H groups in total. The predicted octanol–water partition coefficient (Wildman–Crippen LogP) is 3.78. The van der Waals surface area contributed by atoms with E-state index in [1.165, 1.54) is 7.11 Å². The number of aliphatic hydroxyl groups excluding tert-OH is 2. The van der Waals surface area contributed by atoms with Crippen molar-refractivity contribution < 1.29 is 24.5 Å². The van der Waals surface area contributed by atoms with Crippen molar-refractivity contribution >= 4 is 17.6 Å². The largest absolute Gasteiger partial charge is 0.388 e. The summed E-state index contributed by atoms with van der Waals surface area (Å²) in [6.45, 7) is 17.1. The van der Waals surface area contributed by atoms with Gasteiger partial charge in [-0.25, -0.2) is 4.99 Å². The van der Waals surface area contributed by atoms with E-state index in [0.29, 0.717) is 31.6 Å². The molecular formula is C33H56N7O5+. The Morgan fingerprint density at radius 1 is 1.20 bits per heavy atom. The summed E-state index contributed by atoms with van der Waals surface area (Å²) in [4.78, 5) is 34.5. The minimum Gasteiger partial charge on any atom is -0.388 e. The van der Waals surface area contributed by atoms with Gasteiger partial charge in [-0.2, -0.15) is 0 Å². The number of aliphatic imine (C=N–C) groups is 1. The summed E-state index contributed by atoms with van der Waals surface area (Å²) in [6, 6.07) is -0.826. The zero-order valence-corrected chi connectivity index (χ0v) is 28.3. The van der Waals surface area contributed by atoms with Crippen molar-refractivity contribution in [3.8, 4) is 0 Å². The van der Waals surface area contributed by atoms with E-state index >= 15 is 0 Å². The number of hydrogen-bond donors (Lipinski definition) is 5. The number of nitroso groups, excluding NO2 is 1. The molecule has 2 saturated heterocycles. The van der Waals surface area contributed by atoms with E-state index in [2.05, 4.69) is 28.3 Å². The summed E-state index contributed by atoms with van der Waals surface area (Å²) in [5.74, 6) is 0.785. The molecule has 1 amide bonds. The van der Waals surface area contributed by atoms with Crippen LogP contribution < -0.4 is 10.6 Å². The molecule has 0 bridgehead atoms. The first-order valence-electron chi connectivity index (χ1n) is 16.0. The molecule has 0 aliphatic carbocycles. The van der Waals surface area contributed by atoms with E-state index in [9.17, 15) is 19.9 Å². The van der Waals surface area contributed by atoms with Crippen LogP contribution in [0.3, 0.4) is 0 Å². The van der Waals surface area contributed by atoms with Crippen molar-refractivity contribution in [2.45, 2.75) is 105 Å². The molecule has 0 radical (unpaired) electrons. The lowest BCUT2D eigenvalue weighted by Crippen LogP contribution is -2.54. The molecule has 2 aliphatic heterocycles. The molecule has 2 fully saturated rings. The van der Waals surface area contributed by atoms with Crippen molar-refractivity contribution in [3.05, 3.63) is 52.4 Å². The van der Waals surface area contributed by atoms with Crippen LogP contribution in [0, 0.1) is 16.2 Å². The van der Waals surface area contributed by atoms with Gasteiger partial charge >= 0.3 is 0 Å². The second-order valence-corrected chi connectivity index (χ2v) is 12.3. The summed E-state index contributed by atoms with van der Waals surface area (Å²) in [6.07, 6.45) is 9.27. The Morgan fingerprint density at radius 2 is 1.87 bits per heavy atom. The highest BCUT2D eigenvalue weighted by molar-refractivity contribution is 5.85. The quantitative estimate of drug-likeness (QED) is 0.0568. The van der Waals surface area contributed by atoms with E-state index in [4.69, 9.17) is 10.1 Å². The highest BCUT2D eigenvalue weighted by Gasteiger charge is 2.37. The first kappa shape index (κ1) is 38.0. The van der Waals surface area contributed by atoms with Crippen molar-refractivity contribution in [1.29, 1.82) is 5.41 Å². The second kappa shape index (κ2) is 18.7. The van der Waals surface area contributed by atoms with Crippen LogP contribution >= 0.6 is 0 Å². The predicted molar refractivity (Wildman–Crippen MR) is 178 cm³/mol. The summed E-state index contributed by atoms with van der Waals surface area (Å²) >= 11 is 0. The zero-order chi connectivity index (χ0) is 33.7. The van der Waals surface area contributed by atoms with Gasteiger partial charge in [-0.05, 0) is 57.4 Å². The average Bonchev–Trinajstić information content (AvgIpc) is 3.70. The maximum absolute atomic E-state index is 13.4. The Hall–Kier alpha value is -3.19. The van der Waals surface area contributed by atoms with Crippen LogP contribution in [0.1, 0.15) is 80.1 Å². The maximum atomic E-state index is 13.4. The summed E-state index contributed by atoms with van der Waals surface area (Å²) in [5.41, 5.74) is 3.33. The fourth-order valence-electron chi connectivity index (χ4n) is 5.65. The number of rotatable bonds is 16. The van der Waals surface area contributed by atoms with Gasteiger partial charge in [0.05, 0.1) is 18.1 Å². The van der Waals surface area contributed by atoms with Gasteiger partial charge in [-0.15, -0.1) is 0 Å². The van der Waals surface area contributed by atoms with Gasteiger partial charge in [-0.3, -0.25) is 15.5 Å². The Bertz CT molecular complexity index is 1180. The molecule has 0 aromatic carbocycles. The van der Waals surface area contributed by atoms with Crippen LogP contribution in [0.4, 0.5) is 0 Å². The van der Waals surface area contributed by atoms with E-state index in [-0.39, 0.29) is 42.9 Å². The van der Waals surface area contributed by atoms with Crippen LogP contribution in [-0.4, -0.2) is 100 Å². The highest BCUT2D eigenvalue weighted by Crippen LogP contribution is 2.24. The third-order valence-corrected chi connectivity index (χ3v) is 8.32. The fourth-order valence-corrected chi connectivity index (χ4v) is 5.65. The first-order chi connectivity index (χ1) is 21.3. The minimum atomic E-state index is -1.22. The standard InChI is InChI=1S/C33H56N7O5/c1-9-30(36-26(7)28-13-11-17-39(28)32(42)31(22(2)3)37-33(43)45-8)35-19-24(5)15-14-23(4)18-25(6)40(44)20-27-12-10-16-38(27)29(34)21-41/h14,18-19,22,27-28,31,33-34,37,41,43H,7,9-13,15-17,20-21H2,1-6,8H3,(H,35,36)/q+1. The third-order valence-electron chi connectivity index (χ3n) is 8.32. The lowest BCUT2D eigenvalue weighted by atomic mass is 10.0. The second-order valence-electron chi connectivity index (χ2n) is 12.3. The molecule has 0 aromatic heterocycles. The number of allylic oxidation sites excluding steroid dienone is 5.